The third-order valence-corrected chi connectivity index (χ3v) is 4.43. The van der Waals surface area contributed by atoms with Gasteiger partial charge in [0.15, 0.2) is 5.76 Å². The molecule has 6 nitrogen and oxygen atoms in total. The van der Waals surface area contributed by atoms with E-state index in [-0.39, 0.29) is 11.5 Å². The van der Waals surface area contributed by atoms with E-state index in [0.717, 1.165) is 16.7 Å². The SMILES string of the molecule is COc1ccc(C=C(NC(=O)c2ccco2)C(=O)Nc2ccc(C)c(C)c2)cc1. The molecule has 2 aromatic carbocycles. The van der Waals surface area contributed by atoms with E-state index >= 15 is 0 Å². The second kappa shape index (κ2) is 8.93. The van der Waals surface area contributed by atoms with Crippen molar-refractivity contribution in [3.8, 4) is 5.75 Å². The number of rotatable bonds is 6. The summed E-state index contributed by atoms with van der Waals surface area (Å²) in [5.41, 5.74) is 3.66. The number of hydrogen-bond donors (Lipinski definition) is 2. The maximum Gasteiger partial charge on any atom is 0.291 e. The summed E-state index contributed by atoms with van der Waals surface area (Å²) in [6, 6.07) is 15.9. The molecule has 0 unspecified atom stereocenters. The molecule has 1 heterocycles. The molecule has 0 atom stereocenters. The number of amides is 2. The zero-order chi connectivity index (χ0) is 20.8. The second-order valence-corrected chi connectivity index (χ2v) is 6.52. The average Bonchev–Trinajstić information content (AvgIpc) is 3.26. The Morgan fingerprint density at radius 2 is 1.76 bits per heavy atom. The lowest BCUT2D eigenvalue weighted by Crippen LogP contribution is -2.30. The van der Waals surface area contributed by atoms with Crippen LogP contribution in [-0.2, 0) is 4.79 Å². The summed E-state index contributed by atoms with van der Waals surface area (Å²) in [6.45, 7) is 3.97. The molecule has 2 N–H and O–H groups in total. The average molecular weight is 390 g/mol. The van der Waals surface area contributed by atoms with Gasteiger partial charge in [-0.15, -0.1) is 0 Å². The lowest BCUT2D eigenvalue weighted by atomic mass is 10.1. The lowest BCUT2D eigenvalue weighted by molar-refractivity contribution is -0.113. The highest BCUT2D eigenvalue weighted by molar-refractivity contribution is 6.10. The molecule has 0 saturated heterocycles. The van der Waals surface area contributed by atoms with Crippen LogP contribution in [0.4, 0.5) is 5.69 Å². The summed E-state index contributed by atoms with van der Waals surface area (Å²) in [7, 11) is 1.58. The summed E-state index contributed by atoms with van der Waals surface area (Å²) in [5.74, 6) is -0.138. The number of carbonyl (C=O) groups is 2. The van der Waals surface area contributed by atoms with Gasteiger partial charge in [0.05, 0.1) is 13.4 Å². The highest BCUT2D eigenvalue weighted by Crippen LogP contribution is 2.17. The zero-order valence-corrected chi connectivity index (χ0v) is 16.5. The van der Waals surface area contributed by atoms with Crippen LogP contribution >= 0.6 is 0 Å². The Balaban J connectivity index is 1.87. The monoisotopic (exact) mass is 390 g/mol. The van der Waals surface area contributed by atoms with Crippen LogP contribution in [0.1, 0.15) is 27.2 Å². The van der Waals surface area contributed by atoms with Crippen molar-refractivity contribution in [1.29, 1.82) is 0 Å². The molecule has 6 heteroatoms. The quantitative estimate of drug-likeness (QED) is 0.615. The van der Waals surface area contributed by atoms with E-state index in [2.05, 4.69) is 10.6 Å². The van der Waals surface area contributed by atoms with Gasteiger partial charge in [-0.1, -0.05) is 18.2 Å². The molecule has 1 aromatic heterocycles. The van der Waals surface area contributed by atoms with Crippen molar-refractivity contribution in [2.45, 2.75) is 13.8 Å². The van der Waals surface area contributed by atoms with Crippen molar-refractivity contribution < 1.29 is 18.7 Å². The minimum absolute atomic E-state index is 0.0924. The Kier molecular flexibility index (Phi) is 6.14. The van der Waals surface area contributed by atoms with Gasteiger partial charge in [-0.3, -0.25) is 9.59 Å². The van der Waals surface area contributed by atoms with Gasteiger partial charge in [-0.25, -0.2) is 0 Å². The molecule has 0 fully saturated rings. The Bertz CT molecular complexity index is 1040. The molecule has 0 aliphatic heterocycles. The van der Waals surface area contributed by atoms with Gasteiger partial charge in [0, 0.05) is 5.69 Å². The molecule has 0 aliphatic rings. The van der Waals surface area contributed by atoms with E-state index in [0.29, 0.717) is 11.4 Å². The Hall–Kier alpha value is -3.80. The fourth-order valence-corrected chi connectivity index (χ4v) is 2.63. The number of carbonyl (C=O) groups excluding carboxylic acids is 2. The second-order valence-electron chi connectivity index (χ2n) is 6.52. The van der Waals surface area contributed by atoms with E-state index in [9.17, 15) is 9.59 Å². The first-order chi connectivity index (χ1) is 14.0. The third kappa shape index (κ3) is 5.13. The molecule has 0 saturated carbocycles. The predicted molar refractivity (Wildman–Crippen MR) is 112 cm³/mol. The fourth-order valence-electron chi connectivity index (χ4n) is 2.63. The van der Waals surface area contributed by atoms with E-state index in [1.807, 2.05) is 32.0 Å². The molecular formula is C23H22N2O4. The normalized spacial score (nSPS) is 11.1. The molecule has 148 valence electrons. The van der Waals surface area contributed by atoms with Crippen LogP contribution in [0.5, 0.6) is 5.75 Å². The summed E-state index contributed by atoms with van der Waals surface area (Å²) in [4.78, 5) is 25.3. The number of hydrogen-bond acceptors (Lipinski definition) is 4. The number of ether oxygens (including phenoxy) is 1. The van der Waals surface area contributed by atoms with Crippen LogP contribution in [0.15, 0.2) is 71.0 Å². The van der Waals surface area contributed by atoms with Crippen molar-refractivity contribution in [2.75, 3.05) is 12.4 Å². The van der Waals surface area contributed by atoms with E-state index in [1.54, 1.807) is 43.5 Å². The Morgan fingerprint density at radius 1 is 1.00 bits per heavy atom. The Labute approximate surface area is 169 Å². The lowest BCUT2D eigenvalue weighted by Gasteiger charge is -2.12. The first-order valence-corrected chi connectivity index (χ1v) is 9.05. The van der Waals surface area contributed by atoms with Gasteiger partial charge in [0.1, 0.15) is 11.4 Å². The molecule has 0 radical (unpaired) electrons. The van der Waals surface area contributed by atoms with Crippen LogP contribution in [0.3, 0.4) is 0 Å². The number of anilines is 1. The minimum atomic E-state index is -0.509. The van der Waals surface area contributed by atoms with Crippen LogP contribution in [-0.4, -0.2) is 18.9 Å². The summed E-state index contributed by atoms with van der Waals surface area (Å²) in [6.07, 6.45) is 2.99. The number of furan rings is 1. The summed E-state index contributed by atoms with van der Waals surface area (Å²) in [5, 5.41) is 5.45. The number of nitrogens with one attached hydrogen (secondary N) is 2. The van der Waals surface area contributed by atoms with Gasteiger partial charge in [0.25, 0.3) is 11.8 Å². The van der Waals surface area contributed by atoms with Crippen molar-refractivity contribution in [2.24, 2.45) is 0 Å². The van der Waals surface area contributed by atoms with Crippen molar-refractivity contribution in [1.82, 2.24) is 5.32 Å². The summed E-state index contributed by atoms with van der Waals surface area (Å²) >= 11 is 0. The van der Waals surface area contributed by atoms with E-state index in [4.69, 9.17) is 9.15 Å². The largest absolute Gasteiger partial charge is 0.497 e. The van der Waals surface area contributed by atoms with Gasteiger partial charge >= 0.3 is 0 Å². The number of aryl methyl sites for hydroxylation is 2. The van der Waals surface area contributed by atoms with Crippen molar-refractivity contribution >= 4 is 23.6 Å². The smallest absolute Gasteiger partial charge is 0.291 e. The highest BCUT2D eigenvalue weighted by atomic mass is 16.5. The standard InChI is InChI=1S/C23H22N2O4/c1-15-6-9-18(13-16(15)2)24-22(26)20(25-23(27)21-5-4-12-29-21)14-17-7-10-19(28-3)11-8-17/h4-14H,1-3H3,(H,24,26)(H,25,27). The van der Waals surface area contributed by atoms with Gasteiger partial charge in [-0.05, 0) is 73.0 Å². The molecule has 0 spiro atoms. The molecule has 3 rings (SSSR count). The van der Waals surface area contributed by atoms with E-state index < -0.39 is 11.8 Å². The minimum Gasteiger partial charge on any atom is -0.497 e. The fraction of sp³-hybridized carbons (Fsp3) is 0.130. The third-order valence-electron chi connectivity index (χ3n) is 4.43. The van der Waals surface area contributed by atoms with Crippen LogP contribution < -0.4 is 15.4 Å². The summed E-state index contributed by atoms with van der Waals surface area (Å²) < 4.78 is 10.3. The zero-order valence-electron chi connectivity index (χ0n) is 16.5. The van der Waals surface area contributed by atoms with Crippen LogP contribution in [0.2, 0.25) is 0 Å². The van der Waals surface area contributed by atoms with Crippen LogP contribution in [0, 0.1) is 13.8 Å². The first-order valence-electron chi connectivity index (χ1n) is 9.05. The maximum absolute atomic E-state index is 12.9. The molecule has 0 aliphatic carbocycles. The molecule has 2 amide bonds. The van der Waals surface area contributed by atoms with Gasteiger partial charge in [0.2, 0.25) is 0 Å². The maximum atomic E-state index is 12.9. The van der Waals surface area contributed by atoms with Crippen molar-refractivity contribution in [3.05, 3.63) is 89.0 Å². The van der Waals surface area contributed by atoms with Crippen molar-refractivity contribution in [3.63, 3.8) is 0 Å². The van der Waals surface area contributed by atoms with Gasteiger partial charge < -0.3 is 19.8 Å². The first kappa shape index (κ1) is 19.9. The van der Waals surface area contributed by atoms with Crippen LogP contribution in [0.25, 0.3) is 6.08 Å². The predicted octanol–water partition coefficient (Wildman–Crippen LogP) is 4.31. The molecule has 0 bridgehead atoms. The van der Waals surface area contributed by atoms with E-state index in [1.165, 1.54) is 12.3 Å². The topological polar surface area (TPSA) is 80.6 Å². The number of methoxy groups -OCH3 is 1. The van der Waals surface area contributed by atoms with Gasteiger partial charge in [-0.2, -0.15) is 0 Å². The highest BCUT2D eigenvalue weighted by Gasteiger charge is 2.17. The Morgan fingerprint density at radius 3 is 2.38 bits per heavy atom. The molecular weight excluding hydrogens is 368 g/mol. The number of benzene rings is 2. The molecule has 29 heavy (non-hydrogen) atoms. The molecule has 3 aromatic rings.